The van der Waals surface area contributed by atoms with E-state index in [0.717, 1.165) is 29.1 Å². The number of pyridine rings is 2. The van der Waals surface area contributed by atoms with Crippen LogP contribution >= 0.6 is 0 Å². The molecule has 1 saturated carbocycles. The first-order chi connectivity index (χ1) is 20.9. The molecule has 0 spiro atoms. The van der Waals surface area contributed by atoms with Crippen molar-refractivity contribution < 1.29 is 9.47 Å². The van der Waals surface area contributed by atoms with Crippen LogP contribution in [0.15, 0.2) is 90.2 Å². The Morgan fingerprint density at radius 1 is 0.930 bits per heavy atom. The van der Waals surface area contributed by atoms with Crippen molar-refractivity contribution in [1.29, 1.82) is 0 Å². The number of aliphatic imine (C=N–C) groups is 1. The van der Waals surface area contributed by atoms with Gasteiger partial charge in [0.25, 0.3) is 0 Å². The van der Waals surface area contributed by atoms with Gasteiger partial charge in [0, 0.05) is 52.2 Å². The summed E-state index contributed by atoms with van der Waals surface area (Å²) in [5, 5.41) is 2.46. The monoisotopic (exact) mass is 564 g/mol. The first-order valence-electron chi connectivity index (χ1n) is 15.2. The average molecular weight is 565 g/mol. The van der Waals surface area contributed by atoms with Crippen LogP contribution < -0.4 is 4.74 Å². The van der Waals surface area contributed by atoms with Crippen LogP contribution in [0.3, 0.4) is 0 Å². The summed E-state index contributed by atoms with van der Waals surface area (Å²) in [6.07, 6.45) is 13.6. The van der Waals surface area contributed by atoms with E-state index in [9.17, 15) is 0 Å². The molecule has 6 heteroatoms. The van der Waals surface area contributed by atoms with Gasteiger partial charge in [-0.15, -0.1) is 0 Å². The van der Waals surface area contributed by atoms with Gasteiger partial charge in [-0.25, -0.2) is 9.98 Å². The number of rotatable bonds is 3. The third kappa shape index (κ3) is 3.49. The molecule has 2 unspecified atom stereocenters. The maximum atomic E-state index is 6.59. The predicted octanol–water partition coefficient (Wildman–Crippen LogP) is 7.90. The molecule has 9 rings (SSSR count). The Hall–Kier alpha value is -4.71. The highest BCUT2D eigenvalue weighted by Gasteiger charge is 2.47. The Kier molecular flexibility index (Phi) is 5.01. The topological polar surface area (TPSA) is 61.5 Å². The van der Waals surface area contributed by atoms with Crippen molar-refractivity contribution in [3.05, 3.63) is 113 Å². The number of benzene rings is 2. The Labute approximate surface area is 250 Å². The van der Waals surface area contributed by atoms with Crippen LogP contribution in [0.25, 0.3) is 27.6 Å². The van der Waals surface area contributed by atoms with E-state index in [-0.39, 0.29) is 17.6 Å². The van der Waals surface area contributed by atoms with Gasteiger partial charge in [-0.3, -0.25) is 9.55 Å². The highest BCUT2D eigenvalue weighted by Crippen LogP contribution is 2.48. The standard InChI is InChI=1S/C37H32N4O2/c1-20-14-26-25-16-21(2)31(19-30(25)41-34(26)28(15-20)37(3,4)27-10-7-12-39-35(27)41)42-23-11-13-38-29(18-23)36-40-33-24-9-6-5-8-22(24)17-32(33)43-36/h5-16,18-19,22,24,32-33H,17H2,1-4H3/t22?,24?,32-,33+/m0/s1. The highest BCUT2D eigenvalue weighted by molar-refractivity contribution is 6.12. The van der Waals surface area contributed by atoms with E-state index in [1.807, 2.05) is 24.4 Å². The fourth-order valence-electron chi connectivity index (χ4n) is 7.81. The van der Waals surface area contributed by atoms with Gasteiger partial charge in [0.05, 0.1) is 17.1 Å². The van der Waals surface area contributed by atoms with Crippen LogP contribution in [-0.4, -0.2) is 32.6 Å². The van der Waals surface area contributed by atoms with Gasteiger partial charge in [-0.2, -0.15) is 0 Å². The third-order valence-corrected chi connectivity index (χ3v) is 9.93. The summed E-state index contributed by atoms with van der Waals surface area (Å²) in [5.41, 5.74) is 7.75. The predicted molar refractivity (Wildman–Crippen MR) is 170 cm³/mol. The number of fused-ring (bicyclic) bond motifs is 8. The van der Waals surface area contributed by atoms with Crippen molar-refractivity contribution in [2.75, 3.05) is 0 Å². The van der Waals surface area contributed by atoms with Crippen molar-refractivity contribution in [3.8, 4) is 17.3 Å². The van der Waals surface area contributed by atoms with Crippen LogP contribution in [-0.2, 0) is 10.2 Å². The summed E-state index contributed by atoms with van der Waals surface area (Å²) in [5.74, 6) is 4.02. The summed E-state index contributed by atoms with van der Waals surface area (Å²) < 4.78 is 15.3. The van der Waals surface area contributed by atoms with E-state index < -0.39 is 0 Å². The molecule has 6 nitrogen and oxygen atoms in total. The van der Waals surface area contributed by atoms with Crippen molar-refractivity contribution in [1.82, 2.24) is 14.5 Å². The largest absolute Gasteiger partial charge is 0.471 e. The Morgan fingerprint density at radius 3 is 2.72 bits per heavy atom. The molecule has 0 radical (unpaired) electrons. The van der Waals surface area contributed by atoms with Gasteiger partial charge in [0.2, 0.25) is 5.90 Å². The first kappa shape index (κ1) is 24.8. The molecule has 5 heterocycles. The van der Waals surface area contributed by atoms with Gasteiger partial charge in [0.15, 0.2) is 0 Å². The summed E-state index contributed by atoms with van der Waals surface area (Å²) in [7, 11) is 0. The molecule has 43 heavy (non-hydrogen) atoms. The SMILES string of the molecule is Cc1cc2c3c(c1)c1cc(C)c(Oc4ccnc(C5=N[C@@H]6C7C=CC=CC7C[C@@H]6O5)c4)cc1n3-c1ncccc1C2(C)C. The van der Waals surface area contributed by atoms with E-state index in [0.29, 0.717) is 29.2 Å². The number of aryl methyl sites for hydroxylation is 2. The minimum atomic E-state index is -0.158. The molecule has 0 amide bonds. The lowest BCUT2D eigenvalue weighted by Gasteiger charge is -2.34. The normalized spacial score (nSPS) is 24.0. The van der Waals surface area contributed by atoms with E-state index in [4.69, 9.17) is 19.5 Å². The molecule has 5 aromatic rings. The highest BCUT2D eigenvalue weighted by atomic mass is 16.5. The summed E-state index contributed by atoms with van der Waals surface area (Å²) in [6.45, 7) is 8.90. The molecular weight excluding hydrogens is 532 g/mol. The Balaban J connectivity index is 1.13. The number of hydrogen-bond acceptors (Lipinski definition) is 5. The van der Waals surface area contributed by atoms with Crippen LogP contribution in [0.2, 0.25) is 0 Å². The van der Waals surface area contributed by atoms with Crippen LogP contribution in [0, 0.1) is 25.7 Å². The first-order valence-corrected chi connectivity index (χ1v) is 15.2. The number of allylic oxidation sites excluding steroid dienone is 3. The average Bonchev–Trinajstić information content (AvgIpc) is 3.66. The van der Waals surface area contributed by atoms with Crippen LogP contribution in [0.4, 0.5) is 0 Å². The van der Waals surface area contributed by atoms with E-state index in [2.05, 4.69) is 91.9 Å². The lowest BCUT2D eigenvalue weighted by molar-refractivity contribution is 0.206. The summed E-state index contributed by atoms with van der Waals surface area (Å²) in [6, 6.07) is 17.3. The zero-order valence-electron chi connectivity index (χ0n) is 24.7. The van der Waals surface area contributed by atoms with Gasteiger partial charge < -0.3 is 9.47 Å². The molecule has 2 aliphatic carbocycles. The van der Waals surface area contributed by atoms with Crippen molar-refractivity contribution in [3.63, 3.8) is 0 Å². The second-order valence-corrected chi connectivity index (χ2v) is 13.0. The quantitative estimate of drug-likeness (QED) is 0.224. The molecule has 4 aliphatic rings. The molecule has 4 atom stereocenters. The van der Waals surface area contributed by atoms with Gasteiger partial charge in [-0.05, 0) is 61.6 Å². The van der Waals surface area contributed by atoms with E-state index in [1.165, 1.54) is 33.0 Å². The number of nitrogens with zero attached hydrogens (tertiary/aromatic N) is 4. The minimum Gasteiger partial charge on any atom is -0.471 e. The Bertz CT molecular complexity index is 2100. The van der Waals surface area contributed by atoms with Gasteiger partial charge >= 0.3 is 0 Å². The minimum absolute atomic E-state index is 0.101. The van der Waals surface area contributed by atoms with Gasteiger partial charge in [0.1, 0.15) is 29.1 Å². The maximum Gasteiger partial charge on any atom is 0.236 e. The molecule has 0 N–H and O–H groups in total. The second kappa shape index (κ2) is 8.66. The molecule has 1 fully saturated rings. The molecule has 0 saturated heterocycles. The third-order valence-electron chi connectivity index (χ3n) is 9.93. The summed E-state index contributed by atoms with van der Waals surface area (Å²) >= 11 is 0. The number of aromatic nitrogens is 3. The molecule has 212 valence electrons. The second-order valence-electron chi connectivity index (χ2n) is 13.0. The van der Waals surface area contributed by atoms with E-state index >= 15 is 0 Å². The molecule has 0 bridgehead atoms. The van der Waals surface area contributed by atoms with Crippen molar-refractivity contribution in [2.24, 2.45) is 16.8 Å². The van der Waals surface area contributed by atoms with Crippen LogP contribution in [0.1, 0.15) is 48.2 Å². The molecular formula is C37H32N4O2. The smallest absolute Gasteiger partial charge is 0.236 e. The van der Waals surface area contributed by atoms with E-state index in [1.54, 1.807) is 6.20 Å². The Morgan fingerprint density at radius 2 is 1.81 bits per heavy atom. The zero-order valence-corrected chi connectivity index (χ0v) is 24.7. The molecule has 3 aromatic heterocycles. The zero-order chi connectivity index (χ0) is 29.0. The van der Waals surface area contributed by atoms with Crippen molar-refractivity contribution >= 4 is 27.7 Å². The lowest BCUT2D eigenvalue weighted by Crippen LogP contribution is -2.27. The molecule has 2 aliphatic heterocycles. The lowest BCUT2D eigenvalue weighted by atomic mass is 9.75. The fraction of sp³-hybridized carbons (Fsp3) is 0.270. The fourth-order valence-corrected chi connectivity index (χ4v) is 7.81. The maximum absolute atomic E-state index is 6.59. The van der Waals surface area contributed by atoms with Gasteiger partial charge in [-0.1, -0.05) is 55.8 Å². The molecule has 2 aromatic carbocycles. The summed E-state index contributed by atoms with van der Waals surface area (Å²) in [4.78, 5) is 14.5. The van der Waals surface area contributed by atoms with Crippen LogP contribution in [0.5, 0.6) is 11.5 Å². The number of hydrogen-bond donors (Lipinski definition) is 0. The number of ether oxygens (including phenoxy) is 2. The van der Waals surface area contributed by atoms with Crippen molar-refractivity contribution in [2.45, 2.75) is 51.7 Å².